The lowest BCUT2D eigenvalue weighted by Crippen LogP contribution is -2.55. The number of rotatable bonds is 5. The van der Waals surface area contributed by atoms with E-state index < -0.39 is 42.8 Å². The molecule has 0 amide bonds. The largest absolute Gasteiger partial charge is 0.457 e. The molecule has 2 aliphatic heterocycles. The molecule has 2 saturated heterocycles. The van der Waals surface area contributed by atoms with E-state index >= 15 is 0 Å². The van der Waals surface area contributed by atoms with E-state index in [1.807, 2.05) is 6.92 Å². The second-order valence-corrected chi connectivity index (χ2v) is 5.05. The van der Waals surface area contributed by atoms with Crippen LogP contribution >= 0.6 is 0 Å². The van der Waals surface area contributed by atoms with Crippen molar-refractivity contribution < 1.29 is 38.3 Å². The predicted octanol–water partition coefficient (Wildman–Crippen LogP) is 0.123. The third-order valence-electron chi connectivity index (χ3n) is 3.14. The summed E-state index contributed by atoms with van der Waals surface area (Å²) in [7, 11) is 0. The van der Waals surface area contributed by atoms with Gasteiger partial charge in [0.15, 0.2) is 24.8 Å². The molecular formula is C13H22O8. The smallest absolute Gasteiger partial charge is 0.303 e. The van der Waals surface area contributed by atoms with E-state index in [9.17, 15) is 9.90 Å². The Labute approximate surface area is 123 Å². The first-order chi connectivity index (χ1) is 9.84. The highest BCUT2D eigenvalue weighted by atomic mass is 16.9. The molecule has 0 aliphatic carbocycles. The Morgan fingerprint density at radius 3 is 2.76 bits per heavy atom. The van der Waals surface area contributed by atoms with Crippen LogP contribution in [0.3, 0.4) is 0 Å². The molecule has 0 saturated carbocycles. The van der Waals surface area contributed by atoms with Crippen molar-refractivity contribution in [1.29, 1.82) is 0 Å². The van der Waals surface area contributed by atoms with Gasteiger partial charge in [-0.1, -0.05) is 0 Å². The third-order valence-corrected chi connectivity index (χ3v) is 3.14. The fraction of sp³-hybridized carbons (Fsp3) is 0.923. The highest BCUT2D eigenvalue weighted by molar-refractivity contribution is 5.66. The van der Waals surface area contributed by atoms with Crippen LogP contribution in [0.25, 0.3) is 0 Å². The van der Waals surface area contributed by atoms with E-state index in [0.29, 0.717) is 6.61 Å². The van der Waals surface area contributed by atoms with Gasteiger partial charge in [0.1, 0.15) is 6.10 Å². The number of hydrogen-bond acceptors (Lipinski definition) is 8. The minimum atomic E-state index is -1.26. The molecule has 2 fully saturated rings. The van der Waals surface area contributed by atoms with E-state index in [-0.39, 0.29) is 6.61 Å². The molecule has 0 bridgehead atoms. The first-order valence-electron chi connectivity index (χ1n) is 6.96. The zero-order valence-corrected chi connectivity index (χ0v) is 12.6. The maximum Gasteiger partial charge on any atom is 0.303 e. The quantitative estimate of drug-likeness (QED) is 0.566. The summed E-state index contributed by atoms with van der Waals surface area (Å²) in [4.78, 5) is 11.3. The summed E-state index contributed by atoms with van der Waals surface area (Å²) in [5.41, 5.74) is 0. The van der Waals surface area contributed by atoms with Gasteiger partial charge < -0.3 is 28.8 Å². The van der Waals surface area contributed by atoms with E-state index in [1.165, 1.54) is 13.8 Å². The zero-order chi connectivity index (χ0) is 15.6. The molecule has 0 spiro atoms. The van der Waals surface area contributed by atoms with Gasteiger partial charge >= 0.3 is 5.97 Å². The van der Waals surface area contributed by atoms with Gasteiger partial charge in [-0.05, 0) is 13.8 Å². The number of hydrogen-bond donors (Lipinski definition) is 1. The van der Waals surface area contributed by atoms with Crippen LogP contribution < -0.4 is 0 Å². The lowest BCUT2D eigenvalue weighted by atomic mass is 10.0. The average Bonchev–Trinajstić information content (AvgIpc) is 2.68. The van der Waals surface area contributed by atoms with Crippen molar-refractivity contribution in [2.45, 2.75) is 64.6 Å². The molecule has 0 aromatic rings. The topological polar surface area (TPSA) is 92.7 Å². The molecule has 8 heteroatoms. The van der Waals surface area contributed by atoms with Crippen molar-refractivity contribution >= 4 is 5.97 Å². The summed E-state index contributed by atoms with van der Waals surface area (Å²) in [6.07, 6.45) is -3.84. The lowest BCUT2D eigenvalue weighted by Gasteiger charge is -2.36. The third kappa shape index (κ3) is 3.91. The van der Waals surface area contributed by atoms with Gasteiger partial charge in [0.2, 0.25) is 0 Å². The van der Waals surface area contributed by atoms with E-state index in [0.717, 1.165) is 0 Å². The second-order valence-electron chi connectivity index (χ2n) is 5.05. The Morgan fingerprint density at radius 1 is 1.48 bits per heavy atom. The molecule has 0 aromatic carbocycles. The number of ether oxygens (including phenoxy) is 6. The highest BCUT2D eigenvalue weighted by Crippen LogP contribution is 2.37. The maximum absolute atomic E-state index is 11.3. The summed E-state index contributed by atoms with van der Waals surface area (Å²) in [6, 6.07) is 0. The first kappa shape index (κ1) is 16.6. The van der Waals surface area contributed by atoms with Crippen LogP contribution in [0.15, 0.2) is 0 Å². The van der Waals surface area contributed by atoms with Crippen LogP contribution in [0.4, 0.5) is 0 Å². The molecule has 21 heavy (non-hydrogen) atoms. The highest BCUT2D eigenvalue weighted by Gasteiger charge is 2.55. The number of aliphatic hydroxyl groups is 1. The second kappa shape index (κ2) is 6.55. The predicted molar refractivity (Wildman–Crippen MR) is 67.8 cm³/mol. The fourth-order valence-corrected chi connectivity index (χ4v) is 2.49. The molecule has 3 unspecified atom stereocenters. The van der Waals surface area contributed by atoms with Crippen LogP contribution in [-0.4, -0.2) is 61.2 Å². The summed E-state index contributed by atoms with van der Waals surface area (Å²) < 4.78 is 32.8. The molecule has 8 nitrogen and oxygen atoms in total. The van der Waals surface area contributed by atoms with Gasteiger partial charge in [-0.2, -0.15) is 0 Å². The number of aliphatic hydroxyl groups excluding tert-OH is 1. The summed E-state index contributed by atoms with van der Waals surface area (Å²) in [5, 5.41) is 9.37. The number of carbonyl (C=O) groups is 1. The number of fused-ring (bicyclic) bond motifs is 1. The summed E-state index contributed by atoms with van der Waals surface area (Å²) in [5.74, 6) is -1.74. The van der Waals surface area contributed by atoms with Crippen LogP contribution in [0.1, 0.15) is 27.7 Å². The van der Waals surface area contributed by atoms with Gasteiger partial charge in [0, 0.05) is 20.5 Å². The molecule has 0 radical (unpaired) electrons. The summed E-state index contributed by atoms with van der Waals surface area (Å²) in [6.45, 7) is 6.68. The van der Waals surface area contributed by atoms with Gasteiger partial charge in [0.25, 0.3) is 5.97 Å². The molecular weight excluding hydrogens is 284 g/mol. The SMILES string of the molecule is CCOC1(C)OC2OC[C@@H](OC(C)O)[C@H](OC(C)=O)[C@H]2O1. The van der Waals surface area contributed by atoms with Crippen LogP contribution in [-0.2, 0) is 33.2 Å². The molecule has 2 rings (SSSR count). The lowest BCUT2D eigenvalue weighted by molar-refractivity contribution is -0.340. The van der Waals surface area contributed by atoms with Crippen molar-refractivity contribution in [3.63, 3.8) is 0 Å². The Hall–Kier alpha value is -0.770. The maximum atomic E-state index is 11.3. The van der Waals surface area contributed by atoms with Crippen LogP contribution in [0, 0.1) is 0 Å². The van der Waals surface area contributed by atoms with E-state index in [4.69, 9.17) is 28.4 Å². The Balaban J connectivity index is 2.13. The first-order valence-corrected chi connectivity index (χ1v) is 6.96. The molecule has 2 heterocycles. The Kier molecular flexibility index (Phi) is 5.18. The average molecular weight is 306 g/mol. The Morgan fingerprint density at radius 2 is 2.19 bits per heavy atom. The van der Waals surface area contributed by atoms with Gasteiger partial charge in [-0.3, -0.25) is 9.53 Å². The monoisotopic (exact) mass is 306 g/mol. The standard InChI is InChI=1S/C13H22O8/c1-5-17-13(4)20-11-10(19-8(3)15)9(18-7(2)14)6-16-12(11)21-13/h7,9-12,14H,5-6H2,1-4H3/t7?,9-,10+,11-,12?,13?/m1/s1. The van der Waals surface area contributed by atoms with Crippen molar-refractivity contribution in [3.05, 3.63) is 0 Å². The van der Waals surface area contributed by atoms with Crippen molar-refractivity contribution in [3.8, 4) is 0 Å². The number of esters is 1. The van der Waals surface area contributed by atoms with Crippen molar-refractivity contribution in [2.75, 3.05) is 13.2 Å². The minimum absolute atomic E-state index is 0.107. The van der Waals surface area contributed by atoms with E-state index in [2.05, 4.69) is 0 Å². The molecule has 6 atom stereocenters. The Bertz CT molecular complexity index is 373. The fourth-order valence-electron chi connectivity index (χ4n) is 2.49. The van der Waals surface area contributed by atoms with Gasteiger partial charge in [-0.25, -0.2) is 0 Å². The molecule has 2 aliphatic rings. The normalized spacial score (nSPS) is 40.6. The zero-order valence-electron chi connectivity index (χ0n) is 12.6. The van der Waals surface area contributed by atoms with Gasteiger partial charge in [-0.15, -0.1) is 0 Å². The molecule has 1 N–H and O–H groups in total. The molecule has 122 valence electrons. The van der Waals surface area contributed by atoms with Crippen LogP contribution in [0.5, 0.6) is 0 Å². The minimum Gasteiger partial charge on any atom is -0.457 e. The van der Waals surface area contributed by atoms with Gasteiger partial charge in [0.05, 0.1) is 6.61 Å². The van der Waals surface area contributed by atoms with Crippen molar-refractivity contribution in [2.24, 2.45) is 0 Å². The van der Waals surface area contributed by atoms with Crippen molar-refractivity contribution in [1.82, 2.24) is 0 Å². The van der Waals surface area contributed by atoms with E-state index in [1.54, 1.807) is 6.92 Å². The summed E-state index contributed by atoms with van der Waals surface area (Å²) >= 11 is 0. The number of carbonyl (C=O) groups excluding carboxylic acids is 1. The van der Waals surface area contributed by atoms with Crippen LogP contribution in [0.2, 0.25) is 0 Å². The molecule has 0 aromatic heterocycles.